The van der Waals surface area contributed by atoms with Gasteiger partial charge >= 0.3 is 0 Å². The molecule has 2 heterocycles. The fourth-order valence-electron chi connectivity index (χ4n) is 4.58. The number of nitriles is 1. The Morgan fingerprint density at radius 3 is 2.24 bits per heavy atom. The topological polar surface area (TPSA) is 87.5 Å². The van der Waals surface area contributed by atoms with Crippen molar-refractivity contribution in [2.45, 2.75) is 58.4 Å². The number of nitrogens with zero attached hydrogens (tertiary/aromatic N) is 3. The number of likely N-dealkylation sites (tertiary alicyclic amines) is 1. The van der Waals surface area contributed by atoms with Crippen LogP contribution in [0.25, 0.3) is 0 Å². The first-order valence-electron chi connectivity index (χ1n) is 12.8. The summed E-state index contributed by atoms with van der Waals surface area (Å²) in [6.07, 6.45) is 2.89. The lowest BCUT2D eigenvalue weighted by atomic mass is 9.98. The van der Waals surface area contributed by atoms with Crippen molar-refractivity contribution in [1.82, 2.24) is 15.2 Å². The average molecular weight is 499 g/mol. The molecule has 4 rings (SSSR count). The molecule has 0 aliphatic carbocycles. The molecule has 0 radical (unpaired) electrons. The van der Waals surface area contributed by atoms with E-state index in [0.29, 0.717) is 23.6 Å². The van der Waals surface area contributed by atoms with Gasteiger partial charge in [-0.2, -0.15) is 5.26 Å². The smallest absolute Gasteiger partial charge is 0.251 e. The first kappa shape index (κ1) is 26.2. The van der Waals surface area contributed by atoms with Crippen LogP contribution in [0, 0.1) is 11.3 Å². The maximum absolute atomic E-state index is 12.8. The predicted molar refractivity (Wildman–Crippen MR) is 143 cm³/mol. The molecule has 2 atom stereocenters. The maximum Gasteiger partial charge on any atom is 0.251 e. The number of carbonyl (C=O) groups excluding carboxylic acids is 1. The summed E-state index contributed by atoms with van der Waals surface area (Å²) in [6, 6.07) is 21.0. The van der Waals surface area contributed by atoms with Crippen LogP contribution in [0.1, 0.15) is 67.2 Å². The van der Waals surface area contributed by atoms with E-state index in [-0.39, 0.29) is 30.2 Å². The van der Waals surface area contributed by atoms with Gasteiger partial charge in [-0.25, -0.2) is 4.98 Å². The van der Waals surface area contributed by atoms with Gasteiger partial charge in [0, 0.05) is 37.0 Å². The Balaban J connectivity index is 1.52. The van der Waals surface area contributed by atoms with Gasteiger partial charge in [-0.1, -0.05) is 18.2 Å². The van der Waals surface area contributed by atoms with E-state index in [9.17, 15) is 4.79 Å². The van der Waals surface area contributed by atoms with Crippen LogP contribution in [0.4, 0.5) is 0 Å². The number of nitrogens with one attached hydrogen (secondary N) is 1. The first-order chi connectivity index (χ1) is 17.8. The minimum absolute atomic E-state index is 0.0192. The SMILES string of the molecule is CC(C)Oc1ccc(C(c2ccc(OC(C)C)nc2)N2CCC(NC(=O)c3ccc(C#N)cc3)C2)cc1. The summed E-state index contributed by atoms with van der Waals surface area (Å²) in [4.78, 5) is 19.7. The Hall–Kier alpha value is -3.89. The molecule has 0 bridgehead atoms. The van der Waals surface area contributed by atoms with E-state index in [0.717, 1.165) is 29.8 Å². The van der Waals surface area contributed by atoms with Gasteiger partial charge in [-0.05, 0) is 81.6 Å². The van der Waals surface area contributed by atoms with Crippen LogP contribution >= 0.6 is 0 Å². The molecule has 1 aliphatic heterocycles. The van der Waals surface area contributed by atoms with Crippen LogP contribution in [-0.2, 0) is 0 Å². The van der Waals surface area contributed by atoms with Crippen LogP contribution < -0.4 is 14.8 Å². The number of hydrogen-bond donors (Lipinski definition) is 1. The third-order valence-electron chi connectivity index (χ3n) is 6.20. The minimum Gasteiger partial charge on any atom is -0.491 e. The van der Waals surface area contributed by atoms with Gasteiger partial charge in [0.15, 0.2) is 0 Å². The lowest BCUT2D eigenvalue weighted by molar-refractivity contribution is 0.0937. The highest BCUT2D eigenvalue weighted by Gasteiger charge is 2.31. The number of benzene rings is 2. The molecule has 1 saturated heterocycles. The number of pyridine rings is 1. The molecule has 1 aliphatic rings. The Morgan fingerprint density at radius 1 is 0.973 bits per heavy atom. The molecule has 7 heteroatoms. The van der Waals surface area contributed by atoms with E-state index in [1.807, 2.05) is 52.1 Å². The van der Waals surface area contributed by atoms with Crippen molar-refractivity contribution in [2.75, 3.05) is 13.1 Å². The van der Waals surface area contributed by atoms with Crippen molar-refractivity contribution in [1.29, 1.82) is 5.26 Å². The number of hydrogen-bond acceptors (Lipinski definition) is 6. The van der Waals surface area contributed by atoms with E-state index in [4.69, 9.17) is 14.7 Å². The molecule has 0 saturated carbocycles. The van der Waals surface area contributed by atoms with Gasteiger partial charge in [0.2, 0.25) is 5.88 Å². The zero-order valence-electron chi connectivity index (χ0n) is 21.8. The molecule has 7 nitrogen and oxygen atoms in total. The van der Waals surface area contributed by atoms with E-state index in [1.165, 1.54) is 0 Å². The van der Waals surface area contributed by atoms with Crippen LogP contribution in [0.15, 0.2) is 66.9 Å². The summed E-state index contributed by atoms with van der Waals surface area (Å²) in [5, 5.41) is 12.2. The molecule has 0 spiro atoms. The summed E-state index contributed by atoms with van der Waals surface area (Å²) in [7, 11) is 0. The standard InChI is InChI=1S/C30H34N4O3/c1-20(2)36-27-12-9-23(10-13-27)29(25-11-14-28(32-18-25)37-21(3)4)34-16-15-26(19-34)33-30(35)24-7-5-22(17-31)6-8-24/h5-14,18,20-21,26,29H,15-16,19H2,1-4H3,(H,33,35). The quantitative estimate of drug-likeness (QED) is 0.441. The van der Waals surface area contributed by atoms with Gasteiger partial charge in [0.25, 0.3) is 5.91 Å². The van der Waals surface area contributed by atoms with Crippen molar-refractivity contribution < 1.29 is 14.3 Å². The van der Waals surface area contributed by atoms with E-state index >= 15 is 0 Å². The normalized spacial score (nSPS) is 16.4. The van der Waals surface area contributed by atoms with Crippen molar-refractivity contribution >= 4 is 5.91 Å². The Labute approximate surface area is 219 Å². The summed E-state index contributed by atoms with van der Waals surface area (Å²) < 4.78 is 11.6. The van der Waals surface area contributed by atoms with Crippen LogP contribution in [0.3, 0.4) is 0 Å². The number of aromatic nitrogens is 1. The van der Waals surface area contributed by atoms with Crippen molar-refractivity contribution in [3.05, 3.63) is 89.1 Å². The van der Waals surface area contributed by atoms with E-state index in [1.54, 1.807) is 24.3 Å². The summed E-state index contributed by atoms with van der Waals surface area (Å²) in [6.45, 7) is 9.53. The molecule has 1 amide bonds. The van der Waals surface area contributed by atoms with Gasteiger partial charge in [-0.15, -0.1) is 0 Å². The van der Waals surface area contributed by atoms with Crippen molar-refractivity contribution in [3.63, 3.8) is 0 Å². The highest BCUT2D eigenvalue weighted by Crippen LogP contribution is 2.33. The van der Waals surface area contributed by atoms with Crippen LogP contribution in [0.2, 0.25) is 0 Å². The number of carbonyl (C=O) groups is 1. The van der Waals surface area contributed by atoms with Gasteiger partial charge in [-0.3, -0.25) is 9.69 Å². The number of rotatable bonds is 9. The maximum atomic E-state index is 12.8. The first-order valence-corrected chi connectivity index (χ1v) is 12.8. The van der Waals surface area contributed by atoms with Gasteiger partial charge in [0.05, 0.1) is 29.9 Å². The molecule has 1 N–H and O–H groups in total. The predicted octanol–water partition coefficient (Wildman–Crippen LogP) is 5.12. The fourth-order valence-corrected chi connectivity index (χ4v) is 4.58. The second kappa shape index (κ2) is 11.9. The second-order valence-electron chi connectivity index (χ2n) is 9.88. The second-order valence-corrected chi connectivity index (χ2v) is 9.88. The zero-order chi connectivity index (χ0) is 26.4. The Bertz CT molecular complexity index is 1160. The number of ether oxygens (including phenoxy) is 2. The molecule has 3 aromatic rings. The molecular weight excluding hydrogens is 464 g/mol. The zero-order valence-corrected chi connectivity index (χ0v) is 21.8. The largest absolute Gasteiger partial charge is 0.491 e. The summed E-state index contributed by atoms with van der Waals surface area (Å²) in [5.74, 6) is 1.32. The lowest BCUT2D eigenvalue weighted by Crippen LogP contribution is -2.38. The van der Waals surface area contributed by atoms with Gasteiger partial charge < -0.3 is 14.8 Å². The minimum atomic E-state index is -0.125. The lowest BCUT2D eigenvalue weighted by Gasteiger charge is -2.29. The third kappa shape index (κ3) is 6.87. The van der Waals surface area contributed by atoms with Crippen LogP contribution in [-0.4, -0.2) is 47.1 Å². The molecular formula is C30H34N4O3. The molecule has 2 unspecified atom stereocenters. The Kier molecular flexibility index (Phi) is 8.42. The van der Waals surface area contributed by atoms with Gasteiger partial charge in [0.1, 0.15) is 5.75 Å². The van der Waals surface area contributed by atoms with Crippen molar-refractivity contribution in [2.24, 2.45) is 0 Å². The Morgan fingerprint density at radius 2 is 1.65 bits per heavy atom. The summed E-state index contributed by atoms with van der Waals surface area (Å²) >= 11 is 0. The summed E-state index contributed by atoms with van der Waals surface area (Å²) in [5.41, 5.74) is 3.29. The molecule has 1 aromatic heterocycles. The van der Waals surface area contributed by atoms with E-state index in [2.05, 4.69) is 39.5 Å². The molecule has 37 heavy (non-hydrogen) atoms. The van der Waals surface area contributed by atoms with Crippen molar-refractivity contribution in [3.8, 4) is 17.7 Å². The van der Waals surface area contributed by atoms with Crippen LogP contribution in [0.5, 0.6) is 11.6 Å². The molecule has 1 fully saturated rings. The molecule has 192 valence electrons. The van der Waals surface area contributed by atoms with E-state index < -0.39 is 0 Å². The number of amides is 1. The monoisotopic (exact) mass is 498 g/mol. The average Bonchev–Trinajstić information content (AvgIpc) is 3.33. The molecule has 2 aromatic carbocycles. The third-order valence-corrected chi connectivity index (χ3v) is 6.20. The fraction of sp³-hybridized carbons (Fsp3) is 0.367. The highest BCUT2D eigenvalue weighted by molar-refractivity contribution is 5.94. The highest BCUT2D eigenvalue weighted by atomic mass is 16.5.